The minimum absolute atomic E-state index is 0.0518. The molecule has 2 aromatic carbocycles. The normalized spacial score (nSPS) is 19.9. The summed E-state index contributed by atoms with van der Waals surface area (Å²) in [7, 11) is 0. The standard InChI is InChI=1S/C25H23F4IN4O3/c26-15-5-14(6-16(30)8-15)20(11-35)34-24(37)17-3-1-12(7-18(17)27)22-23(31)32-10-19(33-22)13-2-4-21(36)25(28,29)9-13/h1,3,5-8,10,13,20-21,35-36H,2,4,9,11H2,(H2,31,32)(H,34,37)/t13-,20+,21?/m0/s1. The second-order valence-corrected chi connectivity index (χ2v) is 10.1. The van der Waals surface area contributed by atoms with Crippen molar-refractivity contribution in [3.05, 3.63) is 74.6 Å². The van der Waals surface area contributed by atoms with Gasteiger partial charge in [-0.25, -0.2) is 27.5 Å². The van der Waals surface area contributed by atoms with Gasteiger partial charge in [0.05, 0.1) is 30.1 Å². The SMILES string of the molecule is Nc1ncc([C@H]2CCC(O)C(F)(F)C2)nc1-c1ccc(C(=O)N[C@H](CO)c2cc(F)cc(I)c2)c(F)c1. The first kappa shape index (κ1) is 27.2. The fourth-order valence-corrected chi connectivity index (χ4v) is 4.96. The van der Waals surface area contributed by atoms with Crippen LogP contribution in [-0.2, 0) is 0 Å². The molecule has 3 atom stereocenters. The van der Waals surface area contributed by atoms with Gasteiger partial charge in [0.2, 0.25) is 0 Å². The summed E-state index contributed by atoms with van der Waals surface area (Å²) in [4.78, 5) is 21.1. The number of aliphatic hydroxyl groups is 2. The number of carbonyl (C=O) groups excluding carboxylic acids is 1. The second-order valence-electron chi connectivity index (χ2n) is 8.89. The van der Waals surface area contributed by atoms with E-state index in [1.54, 1.807) is 6.07 Å². The van der Waals surface area contributed by atoms with Gasteiger partial charge in [-0.2, -0.15) is 0 Å². The van der Waals surface area contributed by atoms with Crippen LogP contribution in [0.25, 0.3) is 11.3 Å². The Morgan fingerprint density at radius 1 is 1.22 bits per heavy atom. The molecule has 1 aliphatic carbocycles. The summed E-state index contributed by atoms with van der Waals surface area (Å²) in [5.41, 5.74) is 6.40. The van der Waals surface area contributed by atoms with E-state index in [9.17, 15) is 28.2 Å². The smallest absolute Gasteiger partial charge is 0.274 e. The summed E-state index contributed by atoms with van der Waals surface area (Å²) in [6, 6.07) is 6.68. The number of halogens is 5. The predicted octanol–water partition coefficient (Wildman–Crippen LogP) is 4.34. The molecule has 0 aliphatic heterocycles. The fourth-order valence-electron chi connectivity index (χ4n) is 4.30. The van der Waals surface area contributed by atoms with E-state index < -0.39 is 54.6 Å². The Hall–Kier alpha value is -2.84. The van der Waals surface area contributed by atoms with Gasteiger partial charge in [-0.15, -0.1) is 0 Å². The van der Waals surface area contributed by atoms with Crippen molar-refractivity contribution in [2.24, 2.45) is 0 Å². The molecule has 1 fully saturated rings. The Morgan fingerprint density at radius 2 is 1.97 bits per heavy atom. The highest BCUT2D eigenvalue weighted by Gasteiger charge is 2.45. The molecule has 37 heavy (non-hydrogen) atoms. The highest BCUT2D eigenvalue weighted by atomic mass is 127. The first-order valence-electron chi connectivity index (χ1n) is 11.3. The molecule has 1 amide bonds. The third kappa shape index (κ3) is 6.02. The largest absolute Gasteiger partial charge is 0.394 e. The van der Waals surface area contributed by atoms with Crippen molar-refractivity contribution in [1.82, 2.24) is 15.3 Å². The van der Waals surface area contributed by atoms with Gasteiger partial charge in [-0.1, -0.05) is 6.07 Å². The van der Waals surface area contributed by atoms with Crippen LogP contribution >= 0.6 is 22.6 Å². The molecular formula is C25H23F4IN4O3. The van der Waals surface area contributed by atoms with Crippen molar-refractivity contribution in [3.8, 4) is 11.3 Å². The molecule has 12 heteroatoms. The summed E-state index contributed by atoms with van der Waals surface area (Å²) in [5, 5.41) is 21.7. The number of carbonyl (C=O) groups is 1. The summed E-state index contributed by atoms with van der Waals surface area (Å²) in [6.45, 7) is -0.541. The molecule has 1 saturated carbocycles. The molecule has 0 radical (unpaired) electrons. The van der Waals surface area contributed by atoms with E-state index in [0.717, 1.165) is 6.07 Å². The number of hydrogen-bond acceptors (Lipinski definition) is 6. The zero-order valence-corrected chi connectivity index (χ0v) is 21.4. The van der Waals surface area contributed by atoms with Crippen LogP contribution < -0.4 is 11.1 Å². The Balaban J connectivity index is 1.57. The number of alkyl halides is 2. The van der Waals surface area contributed by atoms with Crippen molar-refractivity contribution in [1.29, 1.82) is 0 Å². The number of aromatic nitrogens is 2. The zero-order chi connectivity index (χ0) is 26.9. The lowest BCUT2D eigenvalue weighted by Gasteiger charge is -2.32. The van der Waals surface area contributed by atoms with Gasteiger partial charge in [-0.3, -0.25) is 4.79 Å². The Morgan fingerprint density at radius 3 is 2.62 bits per heavy atom. The topological polar surface area (TPSA) is 121 Å². The molecule has 3 aromatic rings. The first-order valence-corrected chi connectivity index (χ1v) is 12.4. The number of nitrogen functional groups attached to an aromatic ring is 1. The summed E-state index contributed by atoms with van der Waals surface area (Å²) >= 11 is 1.90. The lowest BCUT2D eigenvalue weighted by molar-refractivity contribution is -0.136. The van der Waals surface area contributed by atoms with Crippen LogP contribution in [0.1, 0.15) is 52.8 Å². The third-order valence-corrected chi connectivity index (χ3v) is 6.92. The molecule has 0 saturated heterocycles. The van der Waals surface area contributed by atoms with Gasteiger partial charge in [0.1, 0.15) is 29.3 Å². The van der Waals surface area contributed by atoms with Crippen LogP contribution in [0.2, 0.25) is 0 Å². The number of nitrogens with two attached hydrogens (primary N) is 1. The van der Waals surface area contributed by atoms with Gasteiger partial charge < -0.3 is 21.3 Å². The quantitative estimate of drug-likeness (QED) is 0.238. The van der Waals surface area contributed by atoms with Crippen molar-refractivity contribution < 1.29 is 32.6 Å². The summed E-state index contributed by atoms with van der Waals surface area (Å²) in [5.74, 6) is -6.27. The van der Waals surface area contributed by atoms with E-state index in [2.05, 4.69) is 15.3 Å². The average molecular weight is 630 g/mol. The van der Waals surface area contributed by atoms with Crippen LogP contribution in [0.15, 0.2) is 42.6 Å². The van der Waals surface area contributed by atoms with Crippen LogP contribution in [0.5, 0.6) is 0 Å². The maximum atomic E-state index is 15.0. The molecule has 0 bridgehead atoms. The lowest BCUT2D eigenvalue weighted by Crippen LogP contribution is -2.39. The van der Waals surface area contributed by atoms with Gasteiger partial charge in [-0.05, 0) is 71.3 Å². The van der Waals surface area contributed by atoms with E-state index in [0.29, 0.717) is 9.13 Å². The second kappa shape index (κ2) is 10.9. The lowest BCUT2D eigenvalue weighted by atomic mass is 9.83. The van der Waals surface area contributed by atoms with E-state index in [1.807, 2.05) is 22.6 Å². The Kier molecular flexibility index (Phi) is 7.99. The highest BCUT2D eigenvalue weighted by Crippen LogP contribution is 2.42. The number of hydrogen-bond donors (Lipinski definition) is 4. The molecule has 1 unspecified atom stereocenters. The maximum Gasteiger partial charge on any atom is 0.274 e. The van der Waals surface area contributed by atoms with Gasteiger partial charge in [0.25, 0.3) is 11.8 Å². The van der Waals surface area contributed by atoms with E-state index in [1.165, 1.54) is 30.5 Å². The molecule has 4 rings (SSSR count). The molecule has 7 nitrogen and oxygen atoms in total. The minimum Gasteiger partial charge on any atom is -0.394 e. The van der Waals surface area contributed by atoms with Crippen LogP contribution in [0, 0.1) is 15.2 Å². The third-order valence-electron chi connectivity index (χ3n) is 6.29. The highest BCUT2D eigenvalue weighted by molar-refractivity contribution is 14.1. The molecular weight excluding hydrogens is 607 g/mol. The number of aliphatic hydroxyl groups excluding tert-OH is 2. The molecule has 1 heterocycles. The molecule has 196 valence electrons. The number of benzene rings is 2. The van der Waals surface area contributed by atoms with Crippen LogP contribution in [0.3, 0.4) is 0 Å². The van der Waals surface area contributed by atoms with Crippen LogP contribution in [0.4, 0.5) is 23.4 Å². The molecule has 1 aromatic heterocycles. The average Bonchev–Trinajstić information content (AvgIpc) is 2.83. The van der Waals surface area contributed by atoms with Crippen molar-refractivity contribution in [2.75, 3.05) is 12.3 Å². The number of rotatable bonds is 6. The van der Waals surface area contributed by atoms with E-state index in [4.69, 9.17) is 5.73 Å². The fraction of sp³-hybridized carbons (Fsp3) is 0.320. The Bertz CT molecular complexity index is 1310. The number of nitrogens with zero attached hydrogens (tertiary/aromatic N) is 2. The van der Waals surface area contributed by atoms with E-state index in [-0.39, 0.29) is 41.2 Å². The first-order chi connectivity index (χ1) is 17.5. The van der Waals surface area contributed by atoms with Crippen LogP contribution in [-0.4, -0.2) is 44.7 Å². The summed E-state index contributed by atoms with van der Waals surface area (Å²) < 4.78 is 57.4. The maximum absolute atomic E-state index is 15.0. The number of anilines is 1. The Labute approximate surface area is 223 Å². The van der Waals surface area contributed by atoms with Crippen molar-refractivity contribution in [3.63, 3.8) is 0 Å². The van der Waals surface area contributed by atoms with Crippen molar-refractivity contribution in [2.45, 2.75) is 43.2 Å². The number of amides is 1. The van der Waals surface area contributed by atoms with Crippen molar-refractivity contribution >= 4 is 34.3 Å². The minimum atomic E-state index is -3.26. The number of nitrogens with one attached hydrogen (secondary N) is 1. The molecule has 1 aliphatic rings. The molecule has 5 N–H and O–H groups in total. The monoisotopic (exact) mass is 630 g/mol. The van der Waals surface area contributed by atoms with Gasteiger partial charge in [0, 0.05) is 21.5 Å². The van der Waals surface area contributed by atoms with E-state index >= 15 is 4.39 Å². The zero-order valence-electron chi connectivity index (χ0n) is 19.3. The molecule has 0 spiro atoms. The van der Waals surface area contributed by atoms with Gasteiger partial charge in [0.15, 0.2) is 0 Å². The van der Waals surface area contributed by atoms with Gasteiger partial charge >= 0.3 is 0 Å². The summed E-state index contributed by atoms with van der Waals surface area (Å²) in [6.07, 6.45) is -0.846. The predicted molar refractivity (Wildman–Crippen MR) is 136 cm³/mol.